The number of hydrogen-bond acceptors (Lipinski definition) is 4. The number of aryl methyl sites for hydroxylation is 1. The van der Waals surface area contributed by atoms with Gasteiger partial charge < -0.3 is 9.73 Å². The molecule has 1 amide bonds. The highest BCUT2D eigenvalue weighted by Crippen LogP contribution is 2.24. The largest absolute Gasteiger partial charge is 0.468 e. The Morgan fingerprint density at radius 1 is 1.28 bits per heavy atom. The average molecular weight is 406 g/mol. The molecule has 0 saturated carbocycles. The number of rotatable bonds is 5. The third-order valence-electron chi connectivity index (χ3n) is 4.68. The first-order valence-corrected chi connectivity index (χ1v) is 9.38. The number of anilines is 1. The Bertz CT molecular complexity index is 709. The van der Waals surface area contributed by atoms with Crippen LogP contribution in [0.25, 0.3) is 0 Å². The minimum atomic E-state index is -0.154. The van der Waals surface area contributed by atoms with Gasteiger partial charge in [0.2, 0.25) is 5.91 Å². The van der Waals surface area contributed by atoms with Crippen LogP contribution >= 0.6 is 15.9 Å². The molecule has 1 saturated heterocycles. The van der Waals surface area contributed by atoms with Gasteiger partial charge in [-0.15, -0.1) is 0 Å². The second kappa shape index (κ2) is 8.17. The Morgan fingerprint density at radius 3 is 2.68 bits per heavy atom. The van der Waals surface area contributed by atoms with Gasteiger partial charge in [-0.25, -0.2) is 0 Å². The van der Waals surface area contributed by atoms with Crippen molar-refractivity contribution in [3.8, 4) is 0 Å². The molecule has 0 radical (unpaired) electrons. The lowest BCUT2D eigenvalue weighted by Crippen LogP contribution is -2.52. The van der Waals surface area contributed by atoms with Crippen LogP contribution in [-0.4, -0.2) is 47.9 Å². The number of carbonyl (C=O) groups is 1. The molecule has 2 aromatic rings. The summed E-state index contributed by atoms with van der Waals surface area (Å²) in [6.45, 7) is 8.46. The monoisotopic (exact) mass is 405 g/mol. The van der Waals surface area contributed by atoms with Crippen molar-refractivity contribution in [1.82, 2.24) is 9.80 Å². The van der Waals surface area contributed by atoms with Gasteiger partial charge in [-0.3, -0.25) is 14.6 Å². The zero-order valence-electron chi connectivity index (χ0n) is 14.7. The number of hydrogen-bond donors (Lipinski definition) is 1. The van der Waals surface area contributed by atoms with Crippen molar-refractivity contribution in [2.75, 3.05) is 31.5 Å². The molecule has 2 heterocycles. The molecule has 1 aromatic heterocycles. The summed E-state index contributed by atoms with van der Waals surface area (Å²) >= 11 is 3.51. The molecular formula is C19H24BrN3O2. The van der Waals surface area contributed by atoms with Gasteiger partial charge in [0.25, 0.3) is 0 Å². The van der Waals surface area contributed by atoms with E-state index in [2.05, 4.69) is 31.0 Å². The third-order valence-corrected chi connectivity index (χ3v) is 5.33. The van der Waals surface area contributed by atoms with Gasteiger partial charge >= 0.3 is 0 Å². The molecule has 0 spiro atoms. The number of nitrogens with one attached hydrogen (secondary N) is 1. The minimum absolute atomic E-state index is 0.0315. The highest BCUT2D eigenvalue weighted by molar-refractivity contribution is 9.10. The lowest BCUT2D eigenvalue weighted by Gasteiger charge is -2.37. The molecule has 25 heavy (non-hydrogen) atoms. The van der Waals surface area contributed by atoms with E-state index < -0.39 is 0 Å². The number of piperazine rings is 1. The van der Waals surface area contributed by atoms with Crippen LogP contribution in [0.3, 0.4) is 0 Å². The Morgan fingerprint density at radius 2 is 2.04 bits per heavy atom. The van der Waals surface area contributed by atoms with Gasteiger partial charge in [0.05, 0.1) is 24.5 Å². The van der Waals surface area contributed by atoms with Crippen molar-refractivity contribution in [3.63, 3.8) is 0 Å². The zero-order chi connectivity index (χ0) is 17.8. The molecule has 1 fully saturated rings. The summed E-state index contributed by atoms with van der Waals surface area (Å²) in [4.78, 5) is 17.2. The number of benzene rings is 1. The normalized spacial score (nSPS) is 17.4. The van der Waals surface area contributed by atoms with Crippen LogP contribution < -0.4 is 5.32 Å². The molecule has 0 aliphatic carbocycles. The average Bonchev–Trinajstić information content (AvgIpc) is 3.10. The van der Waals surface area contributed by atoms with E-state index in [4.69, 9.17) is 4.42 Å². The summed E-state index contributed by atoms with van der Waals surface area (Å²) in [5.74, 6) is 1.02. The Balaban J connectivity index is 1.51. The molecule has 0 bridgehead atoms. The SMILES string of the molecule is Cc1ccc(NC(=O)C(C)N2CCN(Cc3ccco3)CC2)c(Br)c1. The van der Waals surface area contributed by atoms with Gasteiger partial charge in [-0.05, 0) is 59.6 Å². The standard InChI is InChI=1S/C19H24BrN3O2/c1-14-5-6-18(17(20)12-14)21-19(24)15(2)23-9-7-22(8-10-23)13-16-4-3-11-25-16/h3-6,11-12,15H,7-10,13H2,1-2H3,(H,21,24). The molecule has 3 rings (SSSR count). The van der Waals surface area contributed by atoms with Gasteiger partial charge in [0, 0.05) is 30.7 Å². The fraction of sp³-hybridized carbons (Fsp3) is 0.421. The Hall–Kier alpha value is -1.63. The van der Waals surface area contributed by atoms with E-state index in [9.17, 15) is 4.79 Å². The smallest absolute Gasteiger partial charge is 0.241 e. The molecule has 1 atom stereocenters. The fourth-order valence-corrected chi connectivity index (χ4v) is 3.65. The summed E-state index contributed by atoms with van der Waals surface area (Å²) in [6.07, 6.45) is 1.71. The van der Waals surface area contributed by atoms with Crippen molar-refractivity contribution in [2.24, 2.45) is 0 Å². The van der Waals surface area contributed by atoms with Crippen molar-refractivity contribution < 1.29 is 9.21 Å². The number of furan rings is 1. The van der Waals surface area contributed by atoms with Gasteiger partial charge in [-0.2, -0.15) is 0 Å². The topological polar surface area (TPSA) is 48.7 Å². The van der Waals surface area contributed by atoms with E-state index in [-0.39, 0.29) is 11.9 Å². The first-order valence-electron chi connectivity index (χ1n) is 8.59. The predicted molar refractivity (Wildman–Crippen MR) is 103 cm³/mol. The van der Waals surface area contributed by atoms with Crippen LogP contribution in [0, 0.1) is 6.92 Å². The molecule has 1 N–H and O–H groups in total. The molecule has 5 nitrogen and oxygen atoms in total. The quantitative estimate of drug-likeness (QED) is 0.826. The summed E-state index contributed by atoms with van der Waals surface area (Å²) in [5.41, 5.74) is 1.98. The van der Waals surface area contributed by atoms with E-state index in [0.29, 0.717) is 0 Å². The molecule has 1 aliphatic rings. The maximum Gasteiger partial charge on any atom is 0.241 e. The second-order valence-electron chi connectivity index (χ2n) is 6.54. The summed E-state index contributed by atoms with van der Waals surface area (Å²) in [5, 5.41) is 3.03. The summed E-state index contributed by atoms with van der Waals surface area (Å²) < 4.78 is 6.32. The third kappa shape index (κ3) is 4.71. The first kappa shape index (κ1) is 18.2. The molecule has 1 aromatic carbocycles. The van der Waals surface area contributed by atoms with E-state index in [1.165, 1.54) is 0 Å². The van der Waals surface area contributed by atoms with E-state index in [1.807, 2.05) is 44.2 Å². The second-order valence-corrected chi connectivity index (χ2v) is 7.39. The number of carbonyl (C=O) groups excluding carboxylic acids is 1. The lowest BCUT2D eigenvalue weighted by atomic mass is 10.2. The minimum Gasteiger partial charge on any atom is -0.468 e. The molecule has 6 heteroatoms. The molecule has 1 aliphatic heterocycles. The number of nitrogens with zero attached hydrogens (tertiary/aromatic N) is 2. The van der Waals surface area contributed by atoms with Gasteiger partial charge in [0.1, 0.15) is 5.76 Å². The lowest BCUT2D eigenvalue weighted by molar-refractivity contribution is -0.121. The van der Waals surface area contributed by atoms with Crippen LogP contribution in [-0.2, 0) is 11.3 Å². The Labute approximate surface area is 157 Å². The predicted octanol–water partition coefficient (Wildman–Crippen LogP) is 3.50. The van der Waals surface area contributed by atoms with Crippen molar-refractivity contribution in [1.29, 1.82) is 0 Å². The molecular weight excluding hydrogens is 382 g/mol. The van der Waals surface area contributed by atoms with Crippen molar-refractivity contribution >= 4 is 27.5 Å². The maximum absolute atomic E-state index is 12.6. The van der Waals surface area contributed by atoms with Crippen LogP contribution in [0.1, 0.15) is 18.2 Å². The van der Waals surface area contributed by atoms with E-state index >= 15 is 0 Å². The molecule has 1 unspecified atom stereocenters. The van der Waals surface area contributed by atoms with Gasteiger partial charge in [0.15, 0.2) is 0 Å². The van der Waals surface area contributed by atoms with Gasteiger partial charge in [-0.1, -0.05) is 6.07 Å². The highest BCUT2D eigenvalue weighted by Gasteiger charge is 2.26. The zero-order valence-corrected chi connectivity index (χ0v) is 16.3. The number of halogens is 1. The fourth-order valence-electron chi connectivity index (χ4n) is 3.06. The summed E-state index contributed by atoms with van der Waals surface area (Å²) in [6, 6.07) is 9.71. The van der Waals surface area contributed by atoms with E-state index in [0.717, 1.165) is 54.2 Å². The van der Waals surface area contributed by atoms with Crippen LogP contribution in [0.5, 0.6) is 0 Å². The highest BCUT2D eigenvalue weighted by atomic mass is 79.9. The van der Waals surface area contributed by atoms with Crippen LogP contribution in [0.15, 0.2) is 45.5 Å². The Kier molecular flexibility index (Phi) is 5.93. The van der Waals surface area contributed by atoms with Crippen LogP contribution in [0.2, 0.25) is 0 Å². The summed E-state index contributed by atoms with van der Waals surface area (Å²) in [7, 11) is 0. The van der Waals surface area contributed by atoms with Crippen LogP contribution in [0.4, 0.5) is 5.69 Å². The number of amides is 1. The first-order chi connectivity index (χ1) is 12.0. The van der Waals surface area contributed by atoms with Crippen molar-refractivity contribution in [2.45, 2.75) is 26.4 Å². The molecule has 134 valence electrons. The van der Waals surface area contributed by atoms with E-state index in [1.54, 1.807) is 6.26 Å². The maximum atomic E-state index is 12.6. The van der Waals surface area contributed by atoms with Crippen molar-refractivity contribution in [3.05, 3.63) is 52.4 Å².